The SMILES string of the molecule is C[C@@H]1CNC[C@H](C)N1Cc1cnc(C(F)(F)F)s1.Cl. The van der Waals surface area contributed by atoms with Gasteiger partial charge in [0, 0.05) is 42.8 Å². The molecule has 2 atom stereocenters. The van der Waals surface area contributed by atoms with Gasteiger partial charge in [0.15, 0.2) is 5.01 Å². The highest BCUT2D eigenvalue weighted by molar-refractivity contribution is 7.11. The summed E-state index contributed by atoms with van der Waals surface area (Å²) in [7, 11) is 0. The van der Waals surface area contributed by atoms with Crippen LogP contribution in [-0.2, 0) is 12.7 Å². The summed E-state index contributed by atoms with van der Waals surface area (Å²) in [5.74, 6) is 0. The Morgan fingerprint density at radius 1 is 1.37 bits per heavy atom. The fourth-order valence-corrected chi connectivity index (χ4v) is 2.96. The Kier molecular flexibility index (Phi) is 5.61. The monoisotopic (exact) mass is 315 g/mol. The number of hydrogen-bond donors (Lipinski definition) is 1. The van der Waals surface area contributed by atoms with E-state index in [2.05, 4.69) is 29.0 Å². The van der Waals surface area contributed by atoms with Crippen molar-refractivity contribution in [3.05, 3.63) is 16.1 Å². The lowest BCUT2D eigenvalue weighted by molar-refractivity contribution is -0.137. The molecule has 3 nitrogen and oxygen atoms in total. The molecule has 0 spiro atoms. The summed E-state index contributed by atoms with van der Waals surface area (Å²) in [6, 6.07) is 0.648. The van der Waals surface area contributed by atoms with Crippen LogP contribution in [0.4, 0.5) is 13.2 Å². The van der Waals surface area contributed by atoms with Gasteiger partial charge in [0.1, 0.15) is 0 Å². The predicted molar refractivity (Wildman–Crippen MR) is 71.7 cm³/mol. The van der Waals surface area contributed by atoms with Crippen LogP contribution in [0.5, 0.6) is 0 Å². The van der Waals surface area contributed by atoms with Gasteiger partial charge < -0.3 is 5.32 Å². The molecule has 2 heterocycles. The second-order valence-corrected chi connectivity index (χ2v) is 5.77. The van der Waals surface area contributed by atoms with Gasteiger partial charge in [0.2, 0.25) is 0 Å². The molecule has 0 bridgehead atoms. The van der Waals surface area contributed by atoms with Crippen LogP contribution in [0.2, 0.25) is 0 Å². The lowest BCUT2D eigenvalue weighted by Gasteiger charge is -2.39. The Morgan fingerprint density at radius 2 is 1.95 bits per heavy atom. The number of hydrogen-bond acceptors (Lipinski definition) is 4. The molecule has 8 heteroatoms. The van der Waals surface area contributed by atoms with E-state index in [1.165, 1.54) is 6.20 Å². The molecule has 1 aliphatic rings. The zero-order valence-electron chi connectivity index (χ0n) is 10.7. The van der Waals surface area contributed by atoms with Crippen LogP contribution in [0.1, 0.15) is 23.7 Å². The standard InChI is InChI=1S/C11H16F3N3S.ClH/c1-7-3-15-4-8(2)17(7)6-9-5-16-10(18-9)11(12,13)14;/h5,7-8,15H,3-4,6H2,1-2H3;1H/t7-,8+;. The van der Waals surface area contributed by atoms with Gasteiger partial charge in [-0.25, -0.2) is 4.98 Å². The Labute approximate surface area is 120 Å². The molecular formula is C11H17ClF3N3S. The Bertz CT molecular complexity index is 400. The number of alkyl halides is 3. The van der Waals surface area contributed by atoms with Crippen molar-refractivity contribution in [2.24, 2.45) is 0 Å². The van der Waals surface area contributed by atoms with E-state index < -0.39 is 11.2 Å². The first-order chi connectivity index (χ1) is 8.38. The van der Waals surface area contributed by atoms with E-state index in [4.69, 9.17) is 0 Å². The van der Waals surface area contributed by atoms with Crippen molar-refractivity contribution in [1.29, 1.82) is 0 Å². The van der Waals surface area contributed by atoms with Crippen LogP contribution in [0.25, 0.3) is 0 Å². The molecule has 1 fully saturated rings. The average molecular weight is 316 g/mol. The molecule has 0 aromatic carbocycles. The summed E-state index contributed by atoms with van der Waals surface area (Å²) in [6.45, 7) is 6.44. The van der Waals surface area contributed by atoms with E-state index in [1.54, 1.807) is 0 Å². The molecule has 1 aromatic rings. The molecule has 1 aliphatic heterocycles. The topological polar surface area (TPSA) is 28.2 Å². The predicted octanol–water partition coefficient (Wildman–Crippen LogP) is 2.77. The maximum absolute atomic E-state index is 12.5. The van der Waals surface area contributed by atoms with Crippen molar-refractivity contribution in [2.45, 2.75) is 38.7 Å². The molecule has 110 valence electrons. The first kappa shape index (κ1) is 16.7. The van der Waals surface area contributed by atoms with Gasteiger partial charge in [-0.2, -0.15) is 13.2 Å². The largest absolute Gasteiger partial charge is 0.443 e. The quantitative estimate of drug-likeness (QED) is 0.909. The van der Waals surface area contributed by atoms with E-state index in [9.17, 15) is 13.2 Å². The smallest absolute Gasteiger partial charge is 0.314 e. The van der Waals surface area contributed by atoms with Crippen LogP contribution in [0.15, 0.2) is 6.20 Å². The molecule has 1 aromatic heterocycles. The molecule has 0 unspecified atom stereocenters. The van der Waals surface area contributed by atoms with Gasteiger partial charge in [-0.3, -0.25) is 4.90 Å². The van der Waals surface area contributed by atoms with Crippen LogP contribution < -0.4 is 5.32 Å². The molecule has 2 rings (SSSR count). The van der Waals surface area contributed by atoms with Crippen LogP contribution in [0.3, 0.4) is 0 Å². The molecular weight excluding hydrogens is 299 g/mol. The zero-order chi connectivity index (χ0) is 13.3. The molecule has 0 aliphatic carbocycles. The molecule has 0 saturated carbocycles. The number of nitrogens with one attached hydrogen (secondary N) is 1. The number of thiazole rings is 1. The highest BCUT2D eigenvalue weighted by Gasteiger charge is 2.35. The Balaban J connectivity index is 0.00000180. The lowest BCUT2D eigenvalue weighted by atomic mass is 10.1. The van der Waals surface area contributed by atoms with E-state index in [0.29, 0.717) is 23.5 Å². The minimum atomic E-state index is -4.33. The molecule has 0 amide bonds. The second-order valence-electron chi connectivity index (χ2n) is 4.66. The first-order valence-electron chi connectivity index (χ1n) is 5.86. The fourth-order valence-electron chi connectivity index (χ4n) is 2.17. The molecule has 1 N–H and O–H groups in total. The Hall–Kier alpha value is -0.370. The molecule has 1 saturated heterocycles. The maximum atomic E-state index is 12.5. The van der Waals surface area contributed by atoms with Gasteiger partial charge in [-0.05, 0) is 13.8 Å². The van der Waals surface area contributed by atoms with E-state index in [0.717, 1.165) is 24.4 Å². The van der Waals surface area contributed by atoms with Crippen LogP contribution in [0, 0.1) is 0 Å². The van der Waals surface area contributed by atoms with E-state index in [1.807, 2.05) is 0 Å². The average Bonchev–Trinajstić information content (AvgIpc) is 2.72. The van der Waals surface area contributed by atoms with Gasteiger partial charge in [-0.1, -0.05) is 0 Å². The number of halogens is 4. The van der Waals surface area contributed by atoms with Crippen molar-refractivity contribution in [3.63, 3.8) is 0 Å². The van der Waals surface area contributed by atoms with Gasteiger partial charge in [0.25, 0.3) is 0 Å². The summed E-state index contributed by atoms with van der Waals surface area (Å²) in [5, 5.41) is 2.54. The van der Waals surface area contributed by atoms with E-state index in [-0.39, 0.29) is 12.4 Å². The third-order valence-electron chi connectivity index (χ3n) is 3.15. The van der Waals surface area contributed by atoms with Gasteiger partial charge in [0.05, 0.1) is 0 Å². The molecule has 19 heavy (non-hydrogen) atoms. The van der Waals surface area contributed by atoms with Crippen molar-refractivity contribution < 1.29 is 13.2 Å². The van der Waals surface area contributed by atoms with Crippen LogP contribution in [-0.4, -0.2) is 35.1 Å². The highest BCUT2D eigenvalue weighted by Crippen LogP contribution is 2.33. The lowest BCUT2D eigenvalue weighted by Crippen LogP contribution is -2.54. The van der Waals surface area contributed by atoms with E-state index >= 15 is 0 Å². The number of piperazine rings is 1. The summed E-state index contributed by atoms with van der Waals surface area (Å²) in [4.78, 5) is 6.34. The summed E-state index contributed by atoms with van der Waals surface area (Å²) < 4.78 is 37.4. The minimum Gasteiger partial charge on any atom is -0.314 e. The van der Waals surface area contributed by atoms with Crippen LogP contribution >= 0.6 is 23.7 Å². The summed E-state index contributed by atoms with van der Waals surface area (Å²) in [5.41, 5.74) is 0. The maximum Gasteiger partial charge on any atom is 0.443 e. The summed E-state index contributed by atoms with van der Waals surface area (Å²) in [6.07, 6.45) is -2.99. The van der Waals surface area contributed by atoms with Crippen molar-refractivity contribution in [1.82, 2.24) is 15.2 Å². The highest BCUT2D eigenvalue weighted by atomic mass is 35.5. The third kappa shape index (κ3) is 4.05. The van der Waals surface area contributed by atoms with Crippen molar-refractivity contribution >= 4 is 23.7 Å². The number of nitrogens with zero attached hydrogens (tertiary/aromatic N) is 2. The molecule has 0 radical (unpaired) electrons. The van der Waals surface area contributed by atoms with Crippen molar-refractivity contribution in [2.75, 3.05) is 13.1 Å². The second kappa shape index (κ2) is 6.39. The summed E-state index contributed by atoms with van der Waals surface area (Å²) >= 11 is 0.739. The van der Waals surface area contributed by atoms with Gasteiger partial charge >= 0.3 is 6.18 Å². The third-order valence-corrected chi connectivity index (χ3v) is 4.17. The van der Waals surface area contributed by atoms with Gasteiger partial charge in [-0.15, -0.1) is 23.7 Å². The number of aromatic nitrogens is 1. The minimum absolute atomic E-state index is 0. The first-order valence-corrected chi connectivity index (χ1v) is 6.68. The Morgan fingerprint density at radius 3 is 2.42 bits per heavy atom. The van der Waals surface area contributed by atoms with Crippen molar-refractivity contribution in [3.8, 4) is 0 Å². The zero-order valence-corrected chi connectivity index (χ0v) is 12.3. The normalized spacial score (nSPS) is 25.1. The fraction of sp³-hybridized carbons (Fsp3) is 0.727. The number of rotatable bonds is 2.